The van der Waals surface area contributed by atoms with Gasteiger partial charge in [0.15, 0.2) is 5.82 Å². The molecule has 0 atom stereocenters. The molecule has 0 unspecified atom stereocenters. The molecule has 0 aliphatic carbocycles. The summed E-state index contributed by atoms with van der Waals surface area (Å²) in [4.78, 5) is 27.7. The van der Waals surface area contributed by atoms with Gasteiger partial charge in [-0.3, -0.25) is 9.59 Å². The van der Waals surface area contributed by atoms with Gasteiger partial charge >= 0.3 is 0 Å². The zero-order valence-corrected chi connectivity index (χ0v) is 23.7. The molecule has 6 rings (SSSR count). The summed E-state index contributed by atoms with van der Waals surface area (Å²) >= 11 is 1.55. The van der Waals surface area contributed by atoms with Crippen molar-refractivity contribution in [3.05, 3.63) is 150 Å². The maximum atomic E-state index is 13.6. The van der Waals surface area contributed by atoms with Crippen LogP contribution in [0.2, 0.25) is 0 Å². The predicted molar refractivity (Wildman–Crippen MR) is 170 cm³/mol. The second-order valence-electron chi connectivity index (χ2n) is 9.56. The molecule has 6 aromatic rings. The molecule has 210 valence electrons. The zero-order valence-electron chi connectivity index (χ0n) is 22.9. The maximum absolute atomic E-state index is 13.6. The van der Waals surface area contributed by atoms with Crippen LogP contribution in [0.3, 0.4) is 0 Å². The Hall–Kier alpha value is -5.54. The van der Waals surface area contributed by atoms with Crippen molar-refractivity contribution in [1.29, 1.82) is 0 Å². The Kier molecular flexibility index (Phi) is 8.33. The molecule has 0 aliphatic heterocycles. The number of carbonyl (C=O) groups is 2. The molecule has 1 aromatic heterocycles. The average Bonchev–Trinajstić information content (AvgIpc) is 3.53. The van der Waals surface area contributed by atoms with Crippen molar-refractivity contribution in [2.45, 2.75) is 10.6 Å². The van der Waals surface area contributed by atoms with Crippen LogP contribution in [-0.2, 0) is 10.5 Å². The first-order valence-corrected chi connectivity index (χ1v) is 14.6. The first kappa shape index (κ1) is 27.6. The van der Waals surface area contributed by atoms with E-state index in [0.29, 0.717) is 22.8 Å². The van der Waals surface area contributed by atoms with Crippen LogP contribution in [-0.4, -0.2) is 32.0 Å². The minimum absolute atomic E-state index is 0.130. The molecule has 2 N–H and O–H groups in total. The summed E-state index contributed by atoms with van der Waals surface area (Å²) in [6.45, 7) is 0. The lowest BCUT2D eigenvalue weighted by Crippen LogP contribution is -2.30. The van der Waals surface area contributed by atoms with Crippen LogP contribution >= 0.6 is 11.8 Å². The number of rotatable bonds is 9. The van der Waals surface area contributed by atoms with Gasteiger partial charge < -0.3 is 10.6 Å². The van der Waals surface area contributed by atoms with Crippen LogP contribution in [0.1, 0.15) is 21.7 Å². The number of amides is 2. The molecule has 0 saturated carbocycles. The molecule has 43 heavy (non-hydrogen) atoms. The molecule has 0 spiro atoms. The quantitative estimate of drug-likeness (QED) is 0.149. The third-order valence-corrected chi connectivity index (χ3v) is 7.64. The molecule has 0 aliphatic rings. The molecule has 9 heteroatoms. The predicted octanol–water partition coefficient (Wildman–Crippen LogP) is 6.52. The van der Waals surface area contributed by atoms with Crippen LogP contribution in [0.25, 0.3) is 22.5 Å². The van der Waals surface area contributed by atoms with Crippen molar-refractivity contribution < 1.29 is 9.59 Å². The number of hydrogen-bond donors (Lipinski definition) is 2. The highest BCUT2D eigenvalue weighted by Crippen LogP contribution is 2.26. The van der Waals surface area contributed by atoms with Crippen molar-refractivity contribution in [2.75, 3.05) is 5.32 Å². The number of thioether (sulfide) groups is 1. The molecule has 2 amide bonds. The summed E-state index contributed by atoms with van der Waals surface area (Å²) < 4.78 is 1.71. The number of hydrogen-bond acceptors (Lipinski definition) is 6. The van der Waals surface area contributed by atoms with Crippen molar-refractivity contribution >= 4 is 46.1 Å². The van der Waals surface area contributed by atoms with Gasteiger partial charge in [-0.2, -0.15) is 4.68 Å². The van der Waals surface area contributed by atoms with Crippen LogP contribution in [0, 0.1) is 0 Å². The normalized spacial score (nSPS) is 11.3. The number of anilines is 1. The Bertz CT molecular complexity index is 1920. The van der Waals surface area contributed by atoms with E-state index in [9.17, 15) is 9.59 Å². The van der Waals surface area contributed by atoms with E-state index in [1.165, 1.54) is 0 Å². The first-order valence-electron chi connectivity index (χ1n) is 13.6. The fraction of sp³-hybridized carbons (Fsp3) is 0.0294. The molecule has 1 heterocycles. The van der Waals surface area contributed by atoms with E-state index in [4.69, 9.17) is 0 Å². The maximum Gasteiger partial charge on any atom is 0.272 e. The fourth-order valence-corrected chi connectivity index (χ4v) is 5.41. The number of fused-ring (bicyclic) bond motifs is 1. The summed E-state index contributed by atoms with van der Waals surface area (Å²) in [6.07, 6.45) is 1.71. The van der Waals surface area contributed by atoms with E-state index in [-0.39, 0.29) is 11.6 Å². The smallest absolute Gasteiger partial charge is 0.272 e. The topological polar surface area (TPSA) is 102 Å². The van der Waals surface area contributed by atoms with Crippen molar-refractivity contribution in [1.82, 2.24) is 25.5 Å². The van der Waals surface area contributed by atoms with Gasteiger partial charge in [0.05, 0.1) is 11.4 Å². The minimum atomic E-state index is -0.438. The van der Waals surface area contributed by atoms with Gasteiger partial charge in [0.1, 0.15) is 5.70 Å². The summed E-state index contributed by atoms with van der Waals surface area (Å²) in [5.41, 5.74) is 2.88. The van der Waals surface area contributed by atoms with Gasteiger partial charge in [-0.15, -0.1) is 16.9 Å². The van der Waals surface area contributed by atoms with Gasteiger partial charge in [0.25, 0.3) is 11.8 Å². The SMILES string of the molecule is O=C(Nc1cccc(SCc2nnnn2-c2ccccc2)c1)/C(=C/c1cccc2ccccc12)NC(=O)c1ccccc1. The molecular formula is C34H26N6O2S. The minimum Gasteiger partial charge on any atom is -0.321 e. The summed E-state index contributed by atoms with van der Waals surface area (Å²) in [5, 5.41) is 19.9. The van der Waals surface area contributed by atoms with Gasteiger partial charge in [-0.05, 0) is 75.3 Å². The Balaban J connectivity index is 1.23. The van der Waals surface area contributed by atoms with E-state index in [1.807, 2.05) is 103 Å². The van der Waals surface area contributed by atoms with Crippen molar-refractivity contribution in [2.24, 2.45) is 0 Å². The molecule has 0 fully saturated rings. The van der Waals surface area contributed by atoms with E-state index in [1.54, 1.807) is 46.8 Å². The van der Waals surface area contributed by atoms with Crippen LogP contribution < -0.4 is 10.6 Å². The van der Waals surface area contributed by atoms with E-state index in [2.05, 4.69) is 26.2 Å². The number of tetrazole rings is 1. The van der Waals surface area contributed by atoms with Gasteiger partial charge in [0.2, 0.25) is 0 Å². The third-order valence-electron chi connectivity index (χ3n) is 6.65. The van der Waals surface area contributed by atoms with Gasteiger partial charge in [-0.1, -0.05) is 84.9 Å². The lowest BCUT2D eigenvalue weighted by atomic mass is 10.0. The standard InChI is InChI=1S/C34H26N6O2S/c41-33(25-12-3-1-4-13-25)36-31(21-26-15-9-14-24-11-7-8-20-30(24)26)34(42)35-27-16-10-19-29(22-27)43-23-32-37-38-39-40(32)28-17-5-2-6-18-28/h1-22H,23H2,(H,35,42)(H,36,41)/b31-21-. The first-order chi connectivity index (χ1) is 21.1. The molecular weight excluding hydrogens is 556 g/mol. The molecule has 5 aromatic carbocycles. The second-order valence-corrected chi connectivity index (χ2v) is 10.6. The number of aromatic nitrogens is 4. The molecule has 0 saturated heterocycles. The fourth-order valence-electron chi connectivity index (χ4n) is 4.55. The molecule has 0 radical (unpaired) electrons. The van der Waals surface area contributed by atoms with Crippen LogP contribution in [0.5, 0.6) is 0 Å². The Labute approximate surface area is 252 Å². The number of carbonyl (C=O) groups excluding carboxylic acids is 2. The van der Waals surface area contributed by atoms with E-state index >= 15 is 0 Å². The summed E-state index contributed by atoms with van der Waals surface area (Å²) in [7, 11) is 0. The Morgan fingerprint density at radius 3 is 2.35 bits per heavy atom. The van der Waals surface area contributed by atoms with Crippen molar-refractivity contribution in [3.63, 3.8) is 0 Å². The summed E-state index contributed by atoms with van der Waals surface area (Å²) in [5.74, 6) is 0.420. The van der Waals surface area contributed by atoms with Crippen molar-refractivity contribution in [3.8, 4) is 5.69 Å². The van der Waals surface area contributed by atoms with Gasteiger partial charge in [-0.25, -0.2) is 0 Å². The molecule has 8 nitrogen and oxygen atoms in total. The Morgan fingerprint density at radius 2 is 1.51 bits per heavy atom. The number of nitrogens with one attached hydrogen (secondary N) is 2. The van der Waals surface area contributed by atoms with Crippen LogP contribution in [0.4, 0.5) is 5.69 Å². The highest BCUT2D eigenvalue weighted by Gasteiger charge is 2.16. The van der Waals surface area contributed by atoms with E-state index < -0.39 is 5.91 Å². The summed E-state index contributed by atoms with van der Waals surface area (Å²) in [6, 6.07) is 39.8. The van der Waals surface area contributed by atoms with Gasteiger partial charge in [0, 0.05) is 16.1 Å². The third kappa shape index (κ3) is 6.69. The Morgan fingerprint density at radius 1 is 0.791 bits per heavy atom. The second kappa shape index (κ2) is 13.0. The average molecular weight is 583 g/mol. The monoisotopic (exact) mass is 582 g/mol. The van der Waals surface area contributed by atoms with Crippen LogP contribution in [0.15, 0.2) is 138 Å². The highest BCUT2D eigenvalue weighted by molar-refractivity contribution is 7.98. The zero-order chi connectivity index (χ0) is 29.4. The number of nitrogens with zero attached hydrogens (tertiary/aromatic N) is 4. The lowest BCUT2D eigenvalue weighted by Gasteiger charge is -2.13. The lowest BCUT2D eigenvalue weighted by molar-refractivity contribution is -0.113. The largest absolute Gasteiger partial charge is 0.321 e. The number of benzene rings is 5. The number of para-hydroxylation sites is 1. The molecule has 0 bridgehead atoms. The van der Waals surface area contributed by atoms with E-state index in [0.717, 1.165) is 26.9 Å². The highest BCUT2D eigenvalue weighted by atomic mass is 32.2.